The minimum absolute atomic E-state index is 0.0877. The van der Waals surface area contributed by atoms with Crippen molar-refractivity contribution in [1.82, 2.24) is 5.32 Å². The number of rotatable bonds is 49. The zero-order chi connectivity index (χ0) is 43.1. The molecule has 0 aliphatic rings. The van der Waals surface area contributed by atoms with Crippen molar-refractivity contribution in [2.45, 2.75) is 322 Å². The van der Waals surface area contributed by atoms with Crippen LogP contribution in [0, 0.1) is 0 Å². The summed E-state index contributed by atoms with van der Waals surface area (Å²) in [5, 5.41) is 23.8. The SMILES string of the molecule is CCCCCCCCCCCCCCCCCCC(=O)OC(CCCCCCCCCCCCC)CC(=O)NC(CO)C(O)CCCCCCCCCCCCCCC. The Bertz CT molecular complexity index is 852. The van der Waals surface area contributed by atoms with Crippen LogP contribution in [0.25, 0.3) is 0 Å². The second-order valence-electron chi connectivity index (χ2n) is 18.6. The molecule has 0 heterocycles. The Morgan fingerprint density at radius 2 is 0.712 bits per heavy atom. The maximum absolute atomic E-state index is 13.2. The first kappa shape index (κ1) is 57.9. The van der Waals surface area contributed by atoms with Gasteiger partial charge in [-0.2, -0.15) is 0 Å². The zero-order valence-corrected chi connectivity index (χ0v) is 40.2. The highest BCUT2D eigenvalue weighted by atomic mass is 16.5. The molecule has 0 bridgehead atoms. The molecule has 0 fully saturated rings. The molecule has 3 unspecified atom stereocenters. The first-order valence-electron chi connectivity index (χ1n) is 26.8. The first-order valence-corrected chi connectivity index (χ1v) is 26.8. The van der Waals surface area contributed by atoms with Crippen molar-refractivity contribution in [1.29, 1.82) is 0 Å². The van der Waals surface area contributed by atoms with Crippen LogP contribution >= 0.6 is 0 Å². The van der Waals surface area contributed by atoms with Gasteiger partial charge in [0, 0.05) is 6.42 Å². The molecule has 0 aliphatic heterocycles. The van der Waals surface area contributed by atoms with Crippen LogP contribution in [0.3, 0.4) is 0 Å². The van der Waals surface area contributed by atoms with Crippen LogP contribution in [-0.4, -0.2) is 46.9 Å². The van der Waals surface area contributed by atoms with Crippen molar-refractivity contribution in [2.75, 3.05) is 6.61 Å². The minimum Gasteiger partial charge on any atom is -0.462 e. The third-order valence-corrected chi connectivity index (χ3v) is 12.7. The average Bonchev–Trinajstić information content (AvgIpc) is 3.23. The summed E-state index contributed by atoms with van der Waals surface area (Å²) < 4.78 is 5.94. The average molecular weight is 836 g/mol. The van der Waals surface area contributed by atoms with Crippen LogP contribution in [0.5, 0.6) is 0 Å². The van der Waals surface area contributed by atoms with Gasteiger partial charge in [-0.25, -0.2) is 0 Å². The molecule has 0 aromatic carbocycles. The molecular formula is C53H105NO5. The van der Waals surface area contributed by atoms with Crippen LogP contribution in [-0.2, 0) is 14.3 Å². The fraction of sp³-hybridized carbons (Fsp3) is 0.962. The van der Waals surface area contributed by atoms with Gasteiger partial charge in [-0.1, -0.05) is 265 Å². The monoisotopic (exact) mass is 836 g/mol. The Hall–Kier alpha value is -1.14. The summed E-state index contributed by atoms with van der Waals surface area (Å²) in [5.74, 6) is -0.450. The predicted octanol–water partition coefficient (Wildman–Crippen LogP) is 16.0. The number of esters is 1. The summed E-state index contributed by atoms with van der Waals surface area (Å²) >= 11 is 0. The topological polar surface area (TPSA) is 95.9 Å². The number of aliphatic hydroxyl groups excluding tert-OH is 2. The van der Waals surface area contributed by atoms with E-state index >= 15 is 0 Å². The summed E-state index contributed by atoms with van der Waals surface area (Å²) in [7, 11) is 0. The third kappa shape index (κ3) is 43.3. The number of hydrogen-bond acceptors (Lipinski definition) is 5. The smallest absolute Gasteiger partial charge is 0.306 e. The fourth-order valence-corrected chi connectivity index (χ4v) is 8.61. The zero-order valence-electron chi connectivity index (χ0n) is 40.2. The molecule has 3 atom stereocenters. The second kappa shape index (κ2) is 47.9. The molecule has 3 N–H and O–H groups in total. The van der Waals surface area contributed by atoms with Gasteiger partial charge in [0.2, 0.25) is 5.91 Å². The van der Waals surface area contributed by atoms with Gasteiger partial charge in [-0.3, -0.25) is 9.59 Å². The van der Waals surface area contributed by atoms with Crippen LogP contribution in [0.15, 0.2) is 0 Å². The van der Waals surface area contributed by atoms with Crippen LogP contribution in [0.1, 0.15) is 303 Å². The van der Waals surface area contributed by atoms with Crippen molar-refractivity contribution in [3.8, 4) is 0 Å². The molecule has 6 heteroatoms. The van der Waals surface area contributed by atoms with Crippen molar-refractivity contribution < 1.29 is 24.5 Å². The number of hydrogen-bond donors (Lipinski definition) is 3. The lowest BCUT2D eigenvalue weighted by Gasteiger charge is -2.24. The third-order valence-electron chi connectivity index (χ3n) is 12.7. The fourth-order valence-electron chi connectivity index (χ4n) is 8.61. The van der Waals surface area contributed by atoms with Gasteiger partial charge in [-0.05, 0) is 25.7 Å². The molecule has 6 nitrogen and oxygen atoms in total. The number of aliphatic hydroxyl groups is 2. The molecule has 0 spiro atoms. The lowest BCUT2D eigenvalue weighted by molar-refractivity contribution is -0.151. The second-order valence-corrected chi connectivity index (χ2v) is 18.6. The summed E-state index contributed by atoms with van der Waals surface area (Å²) in [5.41, 5.74) is 0. The Morgan fingerprint density at radius 3 is 1.03 bits per heavy atom. The van der Waals surface area contributed by atoms with E-state index in [1.54, 1.807) is 0 Å². The number of amides is 1. The van der Waals surface area contributed by atoms with E-state index in [4.69, 9.17) is 4.74 Å². The summed E-state index contributed by atoms with van der Waals surface area (Å²) in [6.07, 6.45) is 51.6. The number of carbonyl (C=O) groups excluding carboxylic acids is 2. The summed E-state index contributed by atoms with van der Waals surface area (Å²) in [6, 6.07) is -0.691. The van der Waals surface area contributed by atoms with Crippen molar-refractivity contribution in [3.63, 3.8) is 0 Å². The van der Waals surface area contributed by atoms with E-state index in [9.17, 15) is 19.8 Å². The Morgan fingerprint density at radius 1 is 0.424 bits per heavy atom. The maximum atomic E-state index is 13.2. The van der Waals surface area contributed by atoms with Crippen molar-refractivity contribution >= 4 is 11.9 Å². The largest absolute Gasteiger partial charge is 0.462 e. The predicted molar refractivity (Wildman–Crippen MR) is 255 cm³/mol. The van der Waals surface area contributed by atoms with Gasteiger partial charge in [0.05, 0.1) is 25.2 Å². The molecule has 352 valence electrons. The molecule has 0 aromatic rings. The van der Waals surface area contributed by atoms with Gasteiger partial charge in [0.25, 0.3) is 0 Å². The van der Waals surface area contributed by atoms with Gasteiger partial charge in [0.15, 0.2) is 0 Å². The highest BCUT2D eigenvalue weighted by molar-refractivity contribution is 5.77. The minimum atomic E-state index is -0.779. The first-order chi connectivity index (χ1) is 29.0. The van der Waals surface area contributed by atoms with E-state index in [2.05, 4.69) is 26.1 Å². The van der Waals surface area contributed by atoms with Crippen LogP contribution in [0.2, 0.25) is 0 Å². The Balaban J connectivity index is 4.45. The molecule has 1 amide bonds. The molecular weight excluding hydrogens is 731 g/mol. The van der Waals surface area contributed by atoms with Crippen LogP contribution < -0.4 is 5.32 Å². The highest BCUT2D eigenvalue weighted by Gasteiger charge is 2.24. The summed E-state index contributed by atoms with van der Waals surface area (Å²) in [4.78, 5) is 26.1. The quantitative estimate of drug-likeness (QED) is 0.0419. The van der Waals surface area contributed by atoms with E-state index in [1.165, 1.54) is 218 Å². The van der Waals surface area contributed by atoms with Crippen molar-refractivity contribution in [3.05, 3.63) is 0 Å². The standard InChI is InChI=1S/C53H105NO5/c1-4-7-10-13-16-19-22-24-25-26-28-31-34-37-40-43-46-53(58)59-49(44-41-38-35-32-29-21-18-15-12-9-6-3)47-52(57)54-50(48-55)51(56)45-42-39-36-33-30-27-23-20-17-14-11-8-5-2/h49-51,55-56H,4-48H2,1-3H3,(H,54,57). The van der Waals surface area contributed by atoms with E-state index in [-0.39, 0.29) is 24.9 Å². The number of unbranched alkanes of at least 4 members (excludes halogenated alkanes) is 37. The van der Waals surface area contributed by atoms with Gasteiger partial charge < -0.3 is 20.3 Å². The molecule has 0 rings (SSSR count). The van der Waals surface area contributed by atoms with E-state index in [1.807, 2.05) is 0 Å². The van der Waals surface area contributed by atoms with Gasteiger partial charge in [0.1, 0.15) is 6.10 Å². The molecule has 0 aromatic heterocycles. The number of carbonyl (C=O) groups is 2. The normalized spacial score (nSPS) is 13.1. The number of ether oxygens (including phenoxy) is 1. The van der Waals surface area contributed by atoms with Crippen molar-refractivity contribution in [2.24, 2.45) is 0 Å². The molecule has 0 saturated heterocycles. The summed E-state index contributed by atoms with van der Waals surface area (Å²) in [6.45, 7) is 6.51. The lowest BCUT2D eigenvalue weighted by Crippen LogP contribution is -2.46. The van der Waals surface area contributed by atoms with E-state index in [0.717, 1.165) is 38.5 Å². The van der Waals surface area contributed by atoms with Crippen LogP contribution in [0.4, 0.5) is 0 Å². The van der Waals surface area contributed by atoms with Gasteiger partial charge in [-0.15, -0.1) is 0 Å². The lowest BCUT2D eigenvalue weighted by atomic mass is 10.0. The highest BCUT2D eigenvalue weighted by Crippen LogP contribution is 2.19. The maximum Gasteiger partial charge on any atom is 0.306 e. The molecule has 59 heavy (non-hydrogen) atoms. The molecule has 0 saturated carbocycles. The molecule has 0 aliphatic carbocycles. The Labute approximate surface area is 368 Å². The number of nitrogens with one attached hydrogen (secondary N) is 1. The van der Waals surface area contributed by atoms with E-state index < -0.39 is 18.2 Å². The Kier molecular flexibility index (Phi) is 47.0. The molecule has 0 radical (unpaired) electrons. The van der Waals surface area contributed by atoms with Gasteiger partial charge >= 0.3 is 5.97 Å². The van der Waals surface area contributed by atoms with E-state index in [0.29, 0.717) is 19.3 Å².